The maximum atomic E-state index is 12.3. The molecule has 1 saturated carbocycles. The lowest BCUT2D eigenvalue weighted by Gasteiger charge is -2.33. The minimum atomic E-state index is -3.26. The van der Waals surface area contributed by atoms with E-state index in [1.165, 1.54) is 17.1 Å². The molecule has 0 radical (unpaired) electrons. The van der Waals surface area contributed by atoms with Gasteiger partial charge in [0.1, 0.15) is 5.69 Å². The highest BCUT2D eigenvalue weighted by Gasteiger charge is 2.38. The molecule has 1 fully saturated rings. The minimum absolute atomic E-state index is 0.0960. The Balaban J connectivity index is 1.91. The lowest BCUT2D eigenvalue weighted by Crippen LogP contribution is -2.43. The molecule has 0 saturated heterocycles. The second-order valence-corrected chi connectivity index (χ2v) is 7.99. The van der Waals surface area contributed by atoms with E-state index in [1.807, 2.05) is 4.68 Å². The van der Waals surface area contributed by atoms with Gasteiger partial charge in [0.25, 0.3) is 0 Å². The Hall–Kier alpha value is -0.990. The first-order valence-corrected chi connectivity index (χ1v) is 9.08. The van der Waals surface area contributed by atoms with Gasteiger partial charge in [-0.2, -0.15) is 4.31 Å². The first kappa shape index (κ1) is 14.9. The standard InChI is InChI=1S/C13H22N4O3S/c1-3-21(18,19)17-7-6-11-13(12(17)9-20-2)14-15-16(11)8-10-4-5-10/h10,12H,3-9H2,1-2H3. The van der Waals surface area contributed by atoms with Crippen LogP contribution in [0.5, 0.6) is 0 Å². The average molecular weight is 314 g/mol. The molecule has 0 amide bonds. The van der Waals surface area contributed by atoms with Crippen LogP contribution in [-0.2, 0) is 27.7 Å². The summed E-state index contributed by atoms with van der Waals surface area (Å²) in [6.07, 6.45) is 3.19. The average Bonchev–Trinajstić information content (AvgIpc) is 3.19. The van der Waals surface area contributed by atoms with E-state index < -0.39 is 10.0 Å². The summed E-state index contributed by atoms with van der Waals surface area (Å²) in [6.45, 7) is 3.37. The number of aromatic nitrogens is 3. The Morgan fingerprint density at radius 1 is 1.38 bits per heavy atom. The monoisotopic (exact) mass is 314 g/mol. The summed E-state index contributed by atoms with van der Waals surface area (Å²) >= 11 is 0. The van der Waals surface area contributed by atoms with Gasteiger partial charge in [0.2, 0.25) is 10.0 Å². The summed E-state index contributed by atoms with van der Waals surface area (Å²) in [5.74, 6) is 0.813. The Morgan fingerprint density at radius 2 is 2.14 bits per heavy atom. The molecule has 1 atom stereocenters. The Kier molecular flexibility index (Phi) is 4.02. The van der Waals surface area contributed by atoms with Gasteiger partial charge in [0, 0.05) is 26.6 Å². The number of hydrogen-bond donors (Lipinski definition) is 0. The van der Waals surface area contributed by atoms with E-state index in [1.54, 1.807) is 14.0 Å². The van der Waals surface area contributed by atoms with Crippen LogP contribution in [0.2, 0.25) is 0 Å². The van der Waals surface area contributed by atoms with Crippen LogP contribution in [0.1, 0.15) is 37.2 Å². The van der Waals surface area contributed by atoms with Gasteiger partial charge in [-0.05, 0) is 25.7 Å². The van der Waals surface area contributed by atoms with Gasteiger partial charge >= 0.3 is 0 Å². The summed E-state index contributed by atoms with van der Waals surface area (Å²) in [5, 5.41) is 8.50. The number of methoxy groups -OCH3 is 1. The van der Waals surface area contributed by atoms with E-state index in [4.69, 9.17) is 4.74 Å². The van der Waals surface area contributed by atoms with Crippen molar-refractivity contribution in [2.75, 3.05) is 26.0 Å². The van der Waals surface area contributed by atoms with E-state index in [0.29, 0.717) is 25.5 Å². The van der Waals surface area contributed by atoms with Crippen LogP contribution in [0.3, 0.4) is 0 Å². The van der Waals surface area contributed by atoms with Crippen LogP contribution in [0.4, 0.5) is 0 Å². The zero-order valence-electron chi connectivity index (χ0n) is 12.5. The van der Waals surface area contributed by atoms with Gasteiger partial charge in [-0.25, -0.2) is 13.1 Å². The number of ether oxygens (including phenoxy) is 1. The van der Waals surface area contributed by atoms with Crippen molar-refractivity contribution >= 4 is 10.0 Å². The van der Waals surface area contributed by atoms with Crippen molar-refractivity contribution in [2.24, 2.45) is 5.92 Å². The van der Waals surface area contributed by atoms with E-state index in [0.717, 1.165) is 17.9 Å². The van der Waals surface area contributed by atoms with Crippen molar-refractivity contribution in [2.45, 2.75) is 38.8 Å². The zero-order valence-corrected chi connectivity index (χ0v) is 13.3. The molecule has 8 heteroatoms. The molecule has 1 aliphatic heterocycles. The van der Waals surface area contributed by atoms with Crippen molar-refractivity contribution < 1.29 is 13.2 Å². The van der Waals surface area contributed by atoms with E-state index in [2.05, 4.69) is 10.3 Å². The van der Waals surface area contributed by atoms with Gasteiger partial charge < -0.3 is 4.74 Å². The van der Waals surface area contributed by atoms with Crippen molar-refractivity contribution in [3.63, 3.8) is 0 Å². The third-order valence-electron chi connectivity index (χ3n) is 4.27. The second kappa shape index (κ2) is 5.66. The number of sulfonamides is 1. The van der Waals surface area contributed by atoms with Crippen molar-refractivity contribution in [3.05, 3.63) is 11.4 Å². The van der Waals surface area contributed by atoms with E-state index >= 15 is 0 Å². The van der Waals surface area contributed by atoms with Gasteiger partial charge in [-0.15, -0.1) is 5.10 Å². The number of fused-ring (bicyclic) bond motifs is 1. The smallest absolute Gasteiger partial charge is 0.214 e. The van der Waals surface area contributed by atoms with Crippen LogP contribution in [0.25, 0.3) is 0 Å². The van der Waals surface area contributed by atoms with Crippen LogP contribution in [0.15, 0.2) is 0 Å². The Morgan fingerprint density at radius 3 is 2.76 bits per heavy atom. The molecule has 3 rings (SSSR count). The normalized spacial score (nSPS) is 23.2. The fourth-order valence-electron chi connectivity index (χ4n) is 2.88. The number of nitrogens with zero attached hydrogens (tertiary/aromatic N) is 4. The summed E-state index contributed by atoms with van der Waals surface area (Å²) < 4.78 is 33.2. The third kappa shape index (κ3) is 2.84. The van der Waals surface area contributed by atoms with Crippen LogP contribution < -0.4 is 0 Å². The molecule has 1 unspecified atom stereocenters. The first-order chi connectivity index (χ1) is 10.1. The SMILES string of the molecule is CCS(=O)(=O)N1CCc2c(nnn2CC2CC2)C1COC. The molecule has 0 aromatic carbocycles. The lowest BCUT2D eigenvalue weighted by molar-refractivity contribution is 0.125. The molecular formula is C13H22N4O3S. The summed E-state index contributed by atoms with van der Waals surface area (Å²) in [7, 11) is -1.68. The highest BCUT2D eigenvalue weighted by molar-refractivity contribution is 7.89. The van der Waals surface area contributed by atoms with Crippen LogP contribution in [-0.4, -0.2) is 53.7 Å². The molecule has 2 heterocycles. The van der Waals surface area contributed by atoms with Crippen LogP contribution in [0, 0.1) is 5.92 Å². The van der Waals surface area contributed by atoms with Crippen LogP contribution >= 0.6 is 0 Å². The molecule has 7 nitrogen and oxygen atoms in total. The van der Waals surface area contributed by atoms with Crippen molar-refractivity contribution in [1.29, 1.82) is 0 Å². The fraction of sp³-hybridized carbons (Fsp3) is 0.846. The molecule has 1 aliphatic carbocycles. The van der Waals surface area contributed by atoms with E-state index in [9.17, 15) is 8.42 Å². The molecule has 21 heavy (non-hydrogen) atoms. The maximum absolute atomic E-state index is 12.3. The first-order valence-electron chi connectivity index (χ1n) is 7.47. The molecule has 0 bridgehead atoms. The summed E-state index contributed by atoms with van der Waals surface area (Å²) in [4.78, 5) is 0. The predicted molar refractivity (Wildman–Crippen MR) is 77.2 cm³/mol. The Bertz CT molecular complexity index is 609. The fourth-order valence-corrected chi connectivity index (χ4v) is 4.13. The summed E-state index contributed by atoms with van der Waals surface area (Å²) in [5.41, 5.74) is 1.84. The molecule has 2 aliphatic rings. The lowest BCUT2D eigenvalue weighted by atomic mass is 10.1. The second-order valence-electron chi connectivity index (χ2n) is 5.78. The van der Waals surface area contributed by atoms with Crippen molar-refractivity contribution in [3.8, 4) is 0 Å². The van der Waals surface area contributed by atoms with Gasteiger partial charge in [0.05, 0.1) is 24.1 Å². The molecule has 118 valence electrons. The molecule has 1 aromatic rings. The summed E-state index contributed by atoms with van der Waals surface area (Å²) in [6, 6.07) is -0.350. The molecule has 1 aromatic heterocycles. The minimum Gasteiger partial charge on any atom is -0.383 e. The molecule has 0 N–H and O–H groups in total. The molecule has 0 spiro atoms. The van der Waals surface area contributed by atoms with Gasteiger partial charge in [-0.3, -0.25) is 0 Å². The van der Waals surface area contributed by atoms with Gasteiger partial charge in [0.15, 0.2) is 0 Å². The predicted octanol–water partition coefficient (Wildman–Crippen LogP) is 0.583. The highest BCUT2D eigenvalue weighted by Crippen LogP contribution is 2.34. The Labute approximate surface area is 125 Å². The number of hydrogen-bond acceptors (Lipinski definition) is 5. The maximum Gasteiger partial charge on any atom is 0.214 e. The van der Waals surface area contributed by atoms with Gasteiger partial charge in [-0.1, -0.05) is 5.21 Å². The third-order valence-corrected chi connectivity index (χ3v) is 6.16. The highest BCUT2D eigenvalue weighted by atomic mass is 32.2. The number of rotatable bonds is 6. The van der Waals surface area contributed by atoms with Crippen molar-refractivity contribution in [1.82, 2.24) is 19.3 Å². The van der Waals surface area contributed by atoms with E-state index in [-0.39, 0.29) is 11.8 Å². The zero-order chi connectivity index (χ0) is 15.0. The largest absolute Gasteiger partial charge is 0.383 e. The topological polar surface area (TPSA) is 77.3 Å². The quantitative estimate of drug-likeness (QED) is 0.768. The molecular weight excluding hydrogens is 292 g/mol.